The first-order chi connectivity index (χ1) is 7.45. The van der Waals surface area contributed by atoms with Gasteiger partial charge in [0.05, 0.1) is 6.10 Å². The fourth-order valence-corrected chi connectivity index (χ4v) is 1.39. The molecule has 0 aromatic carbocycles. The van der Waals surface area contributed by atoms with Crippen molar-refractivity contribution in [1.29, 1.82) is 0 Å². The van der Waals surface area contributed by atoms with Crippen molar-refractivity contribution in [3.05, 3.63) is 0 Å². The lowest BCUT2D eigenvalue weighted by Crippen LogP contribution is -2.42. The number of nitrogens with zero attached hydrogens (tertiary/aromatic N) is 1. The molecule has 0 saturated carbocycles. The molecule has 0 amide bonds. The molecule has 0 saturated heterocycles. The van der Waals surface area contributed by atoms with Crippen molar-refractivity contribution < 1.29 is 19.8 Å². The van der Waals surface area contributed by atoms with Crippen LogP contribution in [0.4, 0.5) is 0 Å². The second kappa shape index (κ2) is 7.60. The topological polar surface area (TPSA) is 71.3 Å². The highest BCUT2D eigenvalue weighted by Gasteiger charge is 2.29. The Morgan fingerprint density at radius 1 is 1.25 bits per heavy atom. The van der Waals surface area contributed by atoms with E-state index in [1.807, 2.05) is 13.8 Å². The Kier molecular flexibility index (Phi) is 7.29. The smallest absolute Gasteiger partial charge is 0.124 e. The lowest BCUT2D eigenvalue weighted by atomic mass is 9.96. The molecule has 0 heterocycles. The van der Waals surface area contributed by atoms with Gasteiger partial charge in [0.1, 0.15) is 24.5 Å². The van der Waals surface area contributed by atoms with Gasteiger partial charge in [-0.15, -0.1) is 0 Å². The van der Waals surface area contributed by atoms with Crippen LogP contribution < -0.4 is 0 Å². The molecule has 0 aromatic heterocycles. The third-order valence-electron chi connectivity index (χ3n) is 2.21. The van der Waals surface area contributed by atoms with Crippen molar-refractivity contribution in [3.63, 3.8) is 0 Å². The fourth-order valence-electron chi connectivity index (χ4n) is 1.39. The third-order valence-corrected chi connectivity index (χ3v) is 2.21. The van der Waals surface area contributed by atoms with E-state index in [-0.39, 0.29) is 12.0 Å². The van der Waals surface area contributed by atoms with Crippen molar-refractivity contribution in [2.45, 2.75) is 46.0 Å². The summed E-state index contributed by atoms with van der Waals surface area (Å²) in [6.07, 6.45) is -2.34. The summed E-state index contributed by atoms with van der Waals surface area (Å²) in [5.41, 5.74) is 0.328. The van der Waals surface area contributed by atoms with Crippen LogP contribution in [-0.4, -0.2) is 48.0 Å². The van der Waals surface area contributed by atoms with Gasteiger partial charge in [0.25, 0.3) is 0 Å². The first-order valence-corrected chi connectivity index (χ1v) is 5.54. The molecule has 0 radical (unpaired) electrons. The number of hydrogen-bond acceptors (Lipinski definition) is 5. The molecule has 0 aromatic rings. The number of rotatable bonds is 7. The average Bonchev–Trinajstić information content (AvgIpc) is 2.22. The molecule has 0 fully saturated rings. The van der Waals surface area contributed by atoms with Gasteiger partial charge < -0.3 is 19.8 Å². The first kappa shape index (κ1) is 15.3. The number of oxime groups is 1. The Morgan fingerprint density at radius 2 is 1.81 bits per heavy atom. The van der Waals surface area contributed by atoms with Crippen LogP contribution in [0.5, 0.6) is 0 Å². The van der Waals surface area contributed by atoms with Crippen molar-refractivity contribution in [2.24, 2.45) is 11.1 Å². The summed E-state index contributed by atoms with van der Waals surface area (Å²) in [5.74, 6) is 0.137. The minimum Gasteiger partial charge on any atom is -0.396 e. The van der Waals surface area contributed by atoms with Gasteiger partial charge in [-0.3, -0.25) is 0 Å². The molecule has 2 N–H and O–H groups in total. The van der Waals surface area contributed by atoms with E-state index < -0.39 is 12.2 Å². The molecular weight excluding hydrogens is 210 g/mol. The van der Waals surface area contributed by atoms with Crippen LogP contribution >= 0.6 is 0 Å². The molecule has 0 aliphatic carbocycles. The van der Waals surface area contributed by atoms with E-state index in [1.165, 1.54) is 6.92 Å². The molecule has 2 unspecified atom stereocenters. The quantitative estimate of drug-likeness (QED) is 0.504. The largest absolute Gasteiger partial charge is 0.396 e. The Morgan fingerprint density at radius 3 is 2.12 bits per heavy atom. The van der Waals surface area contributed by atoms with E-state index in [1.54, 1.807) is 14.0 Å². The minimum atomic E-state index is -1.07. The van der Waals surface area contributed by atoms with Gasteiger partial charge in [-0.05, 0) is 19.8 Å². The van der Waals surface area contributed by atoms with Crippen molar-refractivity contribution >= 4 is 5.71 Å². The third kappa shape index (κ3) is 4.47. The van der Waals surface area contributed by atoms with E-state index >= 15 is 0 Å². The SMILES string of the molecule is CCO/N=C(\C(O)C(C)O)[C@@H](OC)C(C)C. The lowest BCUT2D eigenvalue weighted by molar-refractivity contribution is 0.0452. The van der Waals surface area contributed by atoms with E-state index in [2.05, 4.69) is 5.16 Å². The molecule has 0 rings (SSSR count). The Bertz CT molecular complexity index is 216. The van der Waals surface area contributed by atoms with Gasteiger partial charge >= 0.3 is 0 Å². The number of aliphatic hydroxyl groups excluding tert-OH is 2. The highest BCUT2D eigenvalue weighted by molar-refractivity contribution is 5.92. The van der Waals surface area contributed by atoms with Crippen molar-refractivity contribution in [2.75, 3.05) is 13.7 Å². The minimum absolute atomic E-state index is 0.137. The van der Waals surface area contributed by atoms with Crippen LogP contribution in [0.3, 0.4) is 0 Å². The Balaban J connectivity index is 4.91. The molecule has 0 aliphatic heterocycles. The molecular formula is C11H23NO4. The Hall–Kier alpha value is -0.650. The summed E-state index contributed by atoms with van der Waals surface area (Å²) < 4.78 is 5.26. The van der Waals surface area contributed by atoms with Crippen LogP contribution in [0.25, 0.3) is 0 Å². The molecule has 3 atom stereocenters. The molecule has 0 aliphatic rings. The van der Waals surface area contributed by atoms with Gasteiger partial charge in [0.15, 0.2) is 0 Å². The van der Waals surface area contributed by atoms with Crippen LogP contribution in [0.1, 0.15) is 27.7 Å². The van der Waals surface area contributed by atoms with Gasteiger partial charge in [-0.25, -0.2) is 0 Å². The normalized spacial score (nSPS) is 18.4. The highest BCUT2D eigenvalue weighted by atomic mass is 16.6. The molecule has 0 spiro atoms. The molecule has 5 nitrogen and oxygen atoms in total. The highest BCUT2D eigenvalue weighted by Crippen LogP contribution is 2.13. The second-order valence-corrected chi connectivity index (χ2v) is 4.02. The predicted molar refractivity (Wildman–Crippen MR) is 62.4 cm³/mol. The maximum Gasteiger partial charge on any atom is 0.124 e. The van der Waals surface area contributed by atoms with Gasteiger partial charge in [-0.1, -0.05) is 19.0 Å². The number of hydrogen-bond donors (Lipinski definition) is 2. The van der Waals surface area contributed by atoms with Crippen molar-refractivity contribution in [3.8, 4) is 0 Å². The van der Waals surface area contributed by atoms with Crippen LogP contribution in [0, 0.1) is 5.92 Å². The van der Waals surface area contributed by atoms with E-state index in [0.29, 0.717) is 12.3 Å². The maximum atomic E-state index is 9.82. The monoisotopic (exact) mass is 233 g/mol. The molecule has 96 valence electrons. The summed E-state index contributed by atoms with van der Waals surface area (Å²) in [6.45, 7) is 7.60. The summed E-state index contributed by atoms with van der Waals surface area (Å²) in [5, 5.41) is 23.0. The Labute approximate surface area is 97.1 Å². The van der Waals surface area contributed by atoms with Gasteiger partial charge in [0, 0.05) is 7.11 Å². The summed E-state index contributed by atoms with van der Waals surface area (Å²) in [4.78, 5) is 4.94. The van der Waals surface area contributed by atoms with E-state index in [0.717, 1.165) is 0 Å². The first-order valence-electron chi connectivity index (χ1n) is 5.54. The van der Waals surface area contributed by atoms with E-state index in [4.69, 9.17) is 9.57 Å². The second-order valence-electron chi connectivity index (χ2n) is 4.02. The number of ether oxygens (including phenoxy) is 1. The summed E-state index contributed by atoms with van der Waals surface area (Å²) >= 11 is 0. The van der Waals surface area contributed by atoms with E-state index in [9.17, 15) is 10.2 Å². The molecule has 5 heteroatoms. The molecule has 0 bridgehead atoms. The zero-order valence-corrected chi connectivity index (χ0v) is 10.7. The summed E-state index contributed by atoms with van der Waals surface area (Å²) in [7, 11) is 1.54. The zero-order valence-electron chi connectivity index (χ0n) is 10.7. The lowest BCUT2D eigenvalue weighted by Gasteiger charge is -2.25. The standard InChI is InChI=1S/C11H23NO4/c1-6-16-12-9(10(14)8(4)13)11(15-5)7(2)3/h7-8,10-11,13-14H,6H2,1-5H3/b12-9+/t8?,10?,11-/m0/s1. The zero-order chi connectivity index (χ0) is 12.7. The van der Waals surface area contributed by atoms with Gasteiger partial charge in [-0.2, -0.15) is 0 Å². The van der Waals surface area contributed by atoms with Crippen LogP contribution in [-0.2, 0) is 9.57 Å². The van der Waals surface area contributed by atoms with Gasteiger partial charge in [0.2, 0.25) is 0 Å². The van der Waals surface area contributed by atoms with Crippen LogP contribution in [0.2, 0.25) is 0 Å². The summed E-state index contributed by atoms with van der Waals surface area (Å²) in [6, 6.07) is 0. The molecule has 16 heavy (non-hydrogen) atoms. The number of methoxy groups -OCH3 is 1. The maximum absolute atomic E-state index is 9.82. The number of aliphatic hydroxyl groups is 2. The van der Waals surface area contributed by atoms with Crippen molar-refractivity contribution in [1.82, 2.24) is 0 Å². The average molecular weight is 233 g/mol. The van der Waals surface area contributed by atoms with Crippen LogP contribution in [0.15, 0.2) is 5.16 Å². The fraction of sp³-hybridized carbons (Fsp3) is 0.909. The predicted octanol–water partition coefficient (Wildman–Crippen LogP) is 0.792.